The van der Waals surface area contributed by atoms with Crippen molar-refractivity contribution in [1.82, 2.24) is 15.1 Å². The van der Waals surface area contributed by atoms with Gasteiger partial charge < -0.3 is 14.7 Å². The lowest BCUT2D eigenvalue weighted by atomic mass is 10.3. The zero-order chi connectivity index (χ0) is 18.0. The maximum absolute atomic E-state index is 12.1. The Kier molecular flexibility index (Phi) is 5.36. The fraction of sp³-hybridized carbons (Fsp3) is 0.312. The third kappa shape index (κ3) is 3.83. The van der Waals surface area contributed by atoms with Crippen LogP contribution < -0.4 is 9.64 Å². The Balaban J connectivity index is 1.82. The third-order valence-electron chi connectivity index (χ3n) is 3.59. The molecule has 9 heteroatoms. The number of amides is 2. The molecule has 1 N–H and O–H groups in total. The lowest BCUT2D eigenvalue weighted by Crippen LogP contribution is -2.34. The van der Waals surface area contributed by atoms with E-state index in [1.165, 1.54) is 21.1 Å². The molecule has 1 aromatic carbocycles. The largest absolute Gasteiger partial charge is 0.479 e. The predicted molar refractivity (Wildman–Crippen MR) is 98.7 cm³/mol. The van der Waals surface area contributed by atoms with Crippen molar-refractivity contribution < 1.29 is 14.6 Å². The first-order valence-corrected chi connectivity index (χ1v) is 9.21. The summed E-state index contributed by atoms with van der Waals surface area (Å²) in [5, 5.41) is 19.2. The van der Waals surface area contributed by atoms with Gasteiger partial charge in [-0.25, -0.2) is 9.69 Å². The first-order valence-electron chi connectivity index (χ1n) is 7.60. The molecule has 2 heterocycles. The van der Waals surface area contributed by atoms with Crippen LogP contribution in [0.2, 0.25) is 0 Å². The molecule has 0 radical (unpaired) electrons. The molecule has 1 aliphatic rings. The van der Waals surface area contributed by atoms with E-state index in [2.05, 4.69) is 26.1 Å². The van der Waals surface area contributed by atoms with Crippen molar-refractivity contribution >= 4 is 38.4 Å². The smallest absolute Gasteiger partial charge is 0.328 e. The van der Waals surface area contributed by atoms with Crippen LogP contribution in [0.15, 0.2) is 40.9 Å². The second kappa shape index (κ2) is 7.51. The molecule has 3 rings (SSSR count). The van der Waals surface area contributed by atoms with Gasteiger partial charge in [-0.05, 0) is 37.3 Å². The fourth-order valence-electron chi connectivity index (χ4n) is 2.37. The molecule has 1 fully saturated rings. The van der Waals surface area contributed by atoms with E-state index in [1.54, 1.807) is 7.05 Å². The number of urea groups is 1. The Labute approximate surface area is 157 Å². The van der Waals surface area contributed by atoms with Crippen LogP contribution in [0.25, 0.3) is 0 Å². The molecule has 0 saturated carbocycles. The first-order chi connectivity index (χ1) is 12.0. The lowest BCUT2D eigenvalue weighted by Gasteiger charge is -2.15. The number of β-amino-alcohol motifs (C(OH)–C–C–N with tert-alkyl or cyclic N) is 1. The second-order valence-electron chi connectivity index (χ2n) is 5.45. The molecular weight excluding hydrogens is 408 g/mol. The van der Waals surface area contributed by atoms with Crippen LogP contribution in [-0.2, 0) is 0 Å². The number of allylic oxidation sites excluding steroid dienone is 1. The lowest BCUT2D eigenvalue weighted by molar-refractivity contribution is 0.183. The minimum absolute atomic E-state index is 0.238. The molecule has 2 amide bonds. The average molecular weight is 425 g/mol. The monoisotopic (exact) mass is 424 g/mol. The van der Waals surface area contributed by atoms with E-state index in [-0.39, 0.29) is 12.6 Å². The number of hydrogen-bond acceptors (Lipinski definition) is 6. The van der Waals surface area contributed by atoms with E-state index >= 15 is 0 Å². The van der Waals surface area contributed by atoms with Gasteiger partial charge >= 0.3 is 6.03 Å². The van der Waals surface area contributed by atoms with Gasteiger partial charge in [-0.3, -0.25) is 0 Å². The molecule has 2 unspecified atom stereocenters. The maximum Gasteiger partial charge on any atom is 0.328 e. The molecule has 1 aromatic heterocycles. The van der Waals surface area contributed by atoms with Gasteiger partial charge in [0, 0.05) is 11.5 Å². The highest BCUT2D eigenvalue weighted by molar-refractivity contribution is 9.10. The number of likely N-dealkylation sites (N-methyl/N-ethyl adjacent to an activating group) is 1. The van der Waals surface area contributed by atoms with Crippen LogP contribution in [0, 0.1) is 0 Å². The van der Waals surface area contributed by atoms with Crippen molar-refractivity contribution in [2.24, 2.45) is 0 Å². The van der Waals surface area contributed by atoms with Gasteiger partial charge in [-0.1, -0.05) is 33.3 Å². The number of hydrogen-bond donors (Lipinski definition) is 1. The minimum Gasteiger partial charge on any atom is -0.479 e. The summed E-state index contributed by atoms with van der Waals surface area (Å²) >= 11 is 4.61. The summed E-state index contributed by atoms with van der Waals surface area (Å²) in [6.07, 6.45) is 2.38. The number of nitrogens with zero attached hydrogens (tertiary/aromatic N) is 4. The summed E-state index contributed by atoms with van der Waals surface area (Å²) in [7, 11) is 1.63. The number of ether oxygens (including phenoxy) is 1. The normalized spacial score (nSPS) is 19.0. The van der Waals surface area contributed by atoms with Crippen LogP contribution in [0.5, 0.6) is 5.75 Å². The number of benzene rings is 1. The fourth-order valence-corrected chi connectivity index (χ4v) is 3.53. The summed E-state index contributed by atoms with van der Waals surface area (Å²) in [6.45, 7) is 2.13. The zero-order valence-electron chi connectivity index (χ0n) is 13.7. The molecule has 25 heavy (non-hydrogen) atoms. The zero-order valence-corrected chi connectivity index (χ0v) is 16.1. The van der Waals surface area contributed by atoms with Gasteiger partial charge in [0.05, 0.1) is 6.54 Å². The Bertz CT molecular complexity index is 780. The maximum atomic E-state index is 12.1. The SMILES string of the molecule is CC=CC(Oc1ccc(Br)cc1)c1nnc(N2C(=O)N(C)CC2O)s1. The average Bonchev–Trinajstić information content (AvgIpc) is 3.14. The quantitative estimate of drug-likeness (QED) is 0.745. The van der Waals surface area contributed by atoms with Gasteiger partial charge in [-0.2, -0.15) is 0 Å². The van der Waals surface area contributed by atoms with E-state index in [9.17, 15) is 9.90 Å². The molecule has 7 nitrogen and oxygen atoms in total. The van der Waals surface area contributed by atoms with E-state index in [0.717, 1.165) is 4.47 Å². The summed E-state index contributed by atoms with van der Waals surface area (Å²) in [6, 6.07) is 7.19. The number of aliphatic hydroxyl groups excluding tert-OH is 1. The summed E-state index contributed by atoms with van der Waals surface area (Å²) < 4.78 is 6.93. The summed E-state index contributed by atoms with van der Waals surface area (Å²) in [4.78, 5) is 14.8. The standard InChI is InChI=1S/C16H17BrN4O3S/c1-3-4-12(24-11-7-5-10(17)6-8-11)14-18-19-15(25-14)21-13(22)9-20(2)16(21)23/h3-8,12-13,22H,9H2,1-2H3. The predicted octanol–water partition coefficient (Wildman–Crippen LogP) is 3.19. The molecule has 0 aliphatic carbocycles. The Morgan fingerprint density at radius 1 is 1.40 bits per heavy atom. The van der Waals surface area contributed by atoms with Crippen molar-refractivity contribution in [3.63, 3.8) is 0 Å². The summed E-state index contributed by atoms with van der Waals surface area (Å²) in [5.41, 5.74) is 0. The highest BCUT2D eigenvalue weighted by Gasteiger charge is 2.37. The third-order valence-corrected chi connectivity index (χ3v) is 5.10. The van der Waals surface area contributed by atoms with E-state index < -0.39 is 12.3 Å². The van der Waals surface area contributed by atoms with Crippen LogP contribution >= 0.6 is 27.3 Å². The van der Waals surface area contributed by atoms with Crippen LogP contribution in [0.3, 0.4) is 0 Å². The van der Waals surface area contributed by atoms with Crippen molar-refractivity contribution in [3.05, 3.63) is 45.9 Å². The number of carbonyl (C=O) groups is 1. The van der Waals surface area contributed by atoms with E-state index in [0.29, 0.717) is 15.9 Å². The number of anilines is 1. The van der Waals surface area contributed by atoms with Crippen molar-refractivity contribution in [3.8, 4) is 5.75 Å². The molecule has 1 saturated heterocycles. The van der Waals surface area contributed by atoms with Gasteiger partial charge in [0.15, 0.2) is 17.3 Å². The van der Waals surface area contributed by atoms with Crippen molar-refractivity contribution in [1.29, 1.82) is 0 Å². The number of halogens is 1. The molecule has 2 aromatic rings. The Morgan fingerprint density at radius 3 is 2.72 bits per heavy atom. The second-order valence-corrected chi connectivity index (χ2v) is 7.36. The molecule has 132 valence electrons. The van der Waals surface area contributed by atoms with E-state index in [1.807, 2.05) is 43.3 Å². The molecule has 2 atom stereocenters. The van der Waals surface area contributed by atoms with Crippen LogP contribution in [0.1, 0.15) is 18.0 Å². The van der Waals surface area contributed by atoms with Gasteiger partial charge in [0.2, 0.25) is 5.13 Å². The molecule has 0 spiro atoms. The van der Waals surface area contributed by atoms with Crippen LogP contribution in [-0.4, -0.2) is 46.1 Å². The first kappa shape index (κ1) is 17.8. The Morgan fingerprint density at radius 2 is 2.12 bits per heavy atom. The van der Waals surface area contributed by atoms with Crippen molar-refractivity contribution in [2.75, 3.05) is 18.5 Å². The van der Waals surface area contributed by atoms with Gasteiger partial charge in [0.25, 0.3) is 0 Å². The molecule has 0 bridgehead atoms. The van der Waals surface area contributed by atoms with E-state index in [4.69, 9.17) is 4.74 Å². The molecular formula is C16H17BrN4O3S. The summed E-state index contributed by atoms with van der Waals surface area (Å²) in [5.74, 6) is 0.695. The minimum atomic E-state index is -0.925. The number of rotatable bonds is 5. The highest BCUT2D eigenvalue weighted by Crippen LogP contribution is 2.32. The van der Waals surface area contributed by atoms with Crippen molar-refractivity contribution in [2.45, 2.75) is 19.3 Å². The molecule has 1 aliphatic heterocycles. The Hall–Kier alpha value is -1.97. The number of aliphatic hydroxyl groups is 1. The van der Waals surface area contributed by atoms with Crippen LogP contribution in [0.4, 0.5) is 9.93 Å². The topological polar surface area (TPSA) is 78.8 Å². The number of carbonyl (C=O) groups excluding carboxylic acids is 1. The number of aromatic nitrogens is 2. The van der Waals surface area contributed by atoms with Gasteiger partial charge in [0.1, 0.15) is 5.75 Å². The van der Waals surface area contributed by atoms with Gasteiger partial charge in [-0.15, -0.1) is 10.2 Å². The highest BCUT2D eigenvalue weighted by atomic mass is 79.9.